The fourth-order valence-corrected chi connectivity index (χ4v) is 6.15. The molecule has 0 radical (unpaired) electrons. The second-order valence-electron chi connectivity index (χ2n) is 10.9. The van der Waals surface area contributed by atoms with Crippen molar-refractivity contribution in [1.29, 1.82) is 0 Å². The molecule has 3 heterocycles. The maximum Gasteiger partial charge on any atom is 0.339 e. The molecule has 3 aliphatic heterocycles. The Morgan fingerprint density at radius 1 is 0.878 bits per heavy atom. The first-order valence-electron chi connectivity index (χ1n) is 15.0. The fourth-order valence-electron chi connectivity index (χ4n) is 5.57. The second kappa shape index (κ2) is 18.3. The van der Waals surface area contributed by atoms with Crippen molar-refractivity contribution in [3.05, 3.63) is 35.9 Å². The van der Waals surface area contributed by atoms with Gasteiger partial charge < -0.3 is 52.7 Å². The summed E-state index contributed by atoms with van der Waals surface area (Å²) in [6, 6.07) is 7.92. The number of carbonyl (C=O) groups excluding carboxylic acids is 5. The van der Waals surface area contributed by atoms with Crippen LogP contribution in [0.1, 0.15) is 39.5 Å². The Bertz CT molecular complexity index is 1410. The lowest BCUT2D eigenvalue weighted by Gasteiger charge is -2.51. The molecule has 0 spiro atoms. The van der Waals surface area contributed by atoms with Gasteiger partial charge >= 0.3 is 23.9 Å². The van der Waals surface area contributed by atoms with Crippen molar-refractivity contribution in [1.82, 2.24) is 5.32 Å². The third-order valence-corrected chi connectivity index (χ3v) is 8.22. The van der Waals surface area contributed by atoms with Gasteiger partial charge in [0.15, 0.2) is 43.3 Å². The van der Waals surface area contributed by atoms with Crippen molar-refractivity contribution in [3.8, 4) is 11.2 Å². The van der Waals surface area contributed by atoms with Gasteiger partial charge in [0.1, 0.15) is 31.0 Å². The molecule has 268 valence electrons. The lowest BCUT2D eigenvalue weighted by Crippen LogP contribution is -2.70. The quantitative estimate of drug-likeness (QED) is 0.155. The molecule has 11 atom stereocenters. The van der Waals surface area contributed by atoms with Gasteiger partial charge in [-0.2, -0.15) is 0 Å². The van der Waals surface area contributed by atoms with E-state index in [1.807, 2.05) is 27.3 Å². The Hall–Kier alpha value is -3.03. The summed E-state index contributed by atoms with van der Waals surface area (Å²) in [5.41, 5.74) is 0.678. The molecule has 4 rings (SSSR count). The van der Waals surface area contributed by atoms with Crippen LogP contribution in [0.2, 0.25) is 0 Å². The van der Waals surface area contributed by atoms with E-state index >= 15 is 0 Å². The minimum Gasteiger partial charge on any atom is -0.467 e. The first kappa shape index (κ1) is 38.8. The van der Waals surface area contributed by atoms with E-state index in [1.54, 1.807) is 24.3 Å². The molecule has 18 heteroatoms. The van der Waals surface area contributed by atoms with Crippen molar-refractivity contribution < 1.29 is 71.3 Å². The number of carbonyl (C=O) groups is 5. The molecule has 3 fully saturated rings. The minimum absolute atomic E-state index is 0.000300. The van der Waals surface area contributed by atoms with Crippen LogP contribution in [0, 0.1) is 11.2 Å². The summed E-state index contributed by atoms with van der Waals surface area (Å²) in [5.74, 6) is -1.25. The van der Waals surface area contributed by atoms with E-state index in [-0.39, 0.29) is 13.2 Å². The summed E-state index contributed by atoms with van der Waals surface area (Å²) in [5, 5.41) is 5.58. The van der Waals surface area contributed by atoms with E-state index in [9.17, 15) is 24.0 Å². The normalized spacial score (nSPS) is 32.2. The molecule has 1 N–H and O–H groups in total. The van der Waals surface area contributed by atoms with E-state index in [0.717, 1.165) is 27.9 Å². The van der Waals surface area contributed by atoms with Crippen LogP contribution >= 0.6 is 30.1 Å². The highest BCUT2D eigenvalue weighted by Crippen LogP contribution is 2.38. The number of hydrogen-bond acceptors (Lipinski definition) is 16. The monoisotopic (exact) mass is 821 g/mol. The molecule has 0 aromatic heterocycles. The highest BCUT2D eigenvalue weighted by atomic mass is 127. The summed E-state index contributed by atoms with van der Waals surface area (Å²) in [4.78, 5) is 62.5. The zero-order valence-corrected chi connectivity index (χ0v) is 30.0. The topological polar surface area (TPSA) is 190 Å². The lowest BCUT2D eigenvalue weighted by molar-refractivity contribution is -0.375. The van der Waals surface area contributed by atoms with Crippen LogP contribution < -0.4 is 5.32 Å². The van der Waals surface area contributed by atoms with Gasteiger partial charge in [-0.15, -0.1) is 0 Å². The van der Waals surface area contributed by atoms with Gasteiger partial charge in [0.25, 0.3) is 0 Å². The molecule has 49 heavy (non-hydrogen) atoms. The van der Waals surface area contributed by atoms with Gasteiger partial charge in [-0.1, -0.05) is 36.3 Å². The molecule has 0 aliphatic carbocycles. The van der Waals surface area contributed by atoms with Crippen LogP contribution in [0.15, 0.2) is 30.3 Å². The van der Waals surface area contributed by atoms with Crippen molar-refractivity contribution in [2.45, 2.75) is 95.3 Å². The molecule has 1 aromatic rings. The van der Waals surface area contributed by atoms with Crippen LogP contribution in [0.4, 0.5) is 0 Å². The molecule has 0 saturated carbocycles. The van der Waals surface area contributed by atoms with E-state index in [2.05, 4.69) is 16.5 Å². The molecule has 3 aliphatic rings. The van der Waals surface area contributed by atoms with Gasteiger partial charge in [-0.25, -0.2) is 4.79 Å². The van der Waals surface area contributed by atoms with Crippen molar-refractivity contribution in [2.24, 2.45) is 0 Å². The minimum atomic E-state index is -1.72. The number of halogens is 1. The molecule has 11 unspecified atom stereocenters. The summed E-state index contributed by atoms with van der Waals surface area (Å²) >= 11 is 2.01. The van der Waals surface area contributed by atoms with Gasteiger partial charge in [-0.3, -0.25) is 19.2 Å². The predicted octanol–water partition coefficient (Wildman–Crippen LogP) is 1.47. The zero-order valence-electron chi connectivity index (χ0n) is 27.1. The number of rotatable bonds is 10. The maximum atomic E-state index is 13.0. The van der Waals surface area contributed by atoms with Crippen molar-refractivity contribution in [2.75, 3.05) is 20.3 Å². The van der Waals surface area contributed by atoms with Gasteiger partial charge in [-0.05, 0) is 14.2 Å². The van der Waals surface area contributed by atoms with Crippen LogP contribution in [0.5, 0.6) is 0 Å². The summed E-state index contributed by atoms with van der Waals surface area (Å²) < 4.78 is 58.4. The predicted molar refractivity (Wildman–Crippen MR) is 174 cm³/mol. The Morgan fingerprint density at radius 3 is 2.14 bits per heavy atom. The highest BCUT2D eigenvalue weighted by molar-refractivity contribution is 14.2. The Kier molecular flexibility index (Phi) is 14.5. The number of esters is 4. The van der Waals surface area contributed by atoms with Gasteiger partial charge in [0.05, 0.1) is 13.7 Å². The van der Waals surface area contributed by atoms with Crippen molar-refractivity contribution >= 4 is 59.9 Å². The first-order valence-corrected chi connectivity index (χ1v) is 18.3. The Balaban J connectivity index is 1.79. The number of methoxy groups -OCH3 is 1. The number of nitrogens with one attached hydrogen (secondary N) is 1. The number of hydrogen-bond donors (Lipinski definition) is 1. The zero-order chi connectivity index (χ0) is 35.7. The average Bonchev–Trinajstić information content (AvgIpc) is 3.05. The molecular formula is C31H36INO15S. The summed E-state index contributed by atoms with van der Waals surface area (Å²) in [7, 11) is 2.32. The SMILES string of the molecule is COC(=O)C1OC(OC2C(NC(C)=O)C(OCC#CSI)OC3COC(c4ccccc4)OC32)C(OC(C)=O)C(OC(C)=O)C1OC(C)=O. The third-order valence-electron chi connectivity index (χ3n) is 7.34. The number of fused-ring (bicyclic) bond motifs is 1. The van der Waals surface area contributed by atoms with Crippen LogP contribution in [-0.4, -0.2) is 111 Å². The van der Waals surface area contributed by atoms with E-state index in [1.165, 1.54) is 15.9 Å². The first-order chi connectivity index (χ1) is 23.4. The van der Waals surface area contributed by atoms with E-state index in [4.69, 9.17) is 47.4 Å². The molecular weight excluding hydrogens is 785 g/mol. The van der Waals surface area contributed by atoms with Crippen LogP contribution in [-0.2, 0) is 71.3 Å². The van der Waals surface area contributed by atoms with Gasteiger partial charge in [0, 0.05) is 54.5 Å². The summed E-state index contributed by atoms with van der Waals surface area (Å²) in [6.45, 7) is 4.42. The highest BCUT2D eigenvalue weighted by Gasteiger charge is 2.59. The molecule has 0 bridgehead atoms. The fraction of sp³-hybridized carbons (Fsp3) is 0.581. The maximum absolute atomic E-state index is 13.0. The van der Waals surface area contributed by atoms with Crippen LogP contribution in [0.3, 0.4) is 0 Å². The summed E-state index contributed by atoms with van der Waals surface area (Å²) in [6.07, 6.45) is -13.4. The third kappa shape index (κ3) is 10.3. The number of amides is 1. The van der Waals surface area contributed by atoms with Crippen LogP contribution in [0.25, 0.3) is 0 Å². The second-order valence-corrected chi connectivity index (χ2v) is 12.6. The standard InChI is InChI=1S/C31H36INO15S/c1-15(34)33-21-23(22-20(45-30(21)40-12-9-13-49-32)14-41-29(46-22)19-10-7-6-8-11-19)47-31-27(44-18(4)37)25(43-17(3)36)24(42-16(2)35)26(48-31)28(38)39-5/h6-8,10-11,20-27,29-31H,12,14H2,1-5H3,(H,33,34). The van der Waals surface area contributed by atoms with Gasteiger partial charge in [0.2, 0.25) is 5.91 Å². The molecule has 3 saturated heterocycles. The van der Waals surface area contributed by atoms with E-state index in [0.29, 0.717) is 5.56 Å². The largest absolute Gasteiger partial charge is 0.467 e. The van der Waals surface area contributed by atoms with Crippen molar-refractivity contribution in [3.63, 3.8) is 0 Å². The molecule has 1 amide bonds. The average molecular weight is 822 g/mol. The molecule has 16 nitrogen and oxygen atoms in total. The Morgan fingerprint density at radius 2 is 1.53 bits per heavy atom. The Labute approximate surface area is 298 Å². The lowest BCUT2D eigenvalue weighted by atomic mass is 9.94. The van der Waals surface area contributed by atoms with E-state index < -0.39 is 97.4 Å². The smallest absolute Gasteiger partial charge is 0.339 e. The number of ether oxygens (including phenoxy) is 10. The number of benzene rings is 1. The molecule has 1 aromatic carbocycles.